The number of hydrogen-bond acceptors (Lipinski definition) is 5. The summed E-state index contributed by atoms with van der Waals surface area (Å²) in [5.74, 6) is -0.161. The predicted molar refractivity (Wildman–Crippen MR) is 155 cm³/mol. The van der Waals surface area contributed by atoms with E-state index in [0.717, 1.165) is 21.8 Å². The third-order valence-electron chi connectivity index (χ3n) is 7.92. The summed E-state index contributed by atoms with van der Waals surface area (Å²) in [6, 6.07) is 11.4. The first-order valence-corrected chi connectivity index (χ1v) is 14.8. The maximum atomic E-state index is 13.9. The van der Waals surface area contributed by atoms with Crippen molar-refractivity contribution in [2.24, 2.45) is 5.73 Å². The Morgan fingerprint density at radius 1 is 1.02 bits per heavy atom. The lowest BCUT2D eigenvalue weighted by molar-refractivity contribution is -0.146. The van der Waals surface area contributed by atoms with Crippen LogP contribution in [-0.2, 0) is 40.9 Å². The number of rotatable bonds is 5. The van der Waals surface area contributed by atoms with Gasteiger partial charge in [0, 0.05) is 44.0 Å². The van der Waals surface area contributed by atoms with Crippen LogP contribution in [0, 0.1) is 0 Å². The Morgan fingerprint density at radius 3 is 2.42 bits per heavy atom. The molecule has 0 spiro atoms. The monoisotopic (exact) mass is 562 g/mol. The van der Waals surface area contributed by atoms with E-state index in [0.29, 0.717) is 52.1 Å². The Labute approximate surface area is 239 Å². The lowest BCUT2D eigenvalue weighted by Crippen LogP contribution is -2.55. The molecule has 1 fully saturated rings. The van der Waals surface area contributed by atoms with Crippen LogP contribution in [0.5, 0.6) is 0 Å². The quantitative estimate of drug-likeness (QED) is 0.515. The molecule has 212 valence electrons. The minimum Gasteiger partial charge on any atom is -0.351 e. The highest BCUT2D eigenvalue weighted by Crippen LogP contribution is 2.27. The average Bonchev–Trinajstić information content (AvgIpc) is 3.49. The van der Waals surface area contributed by atoms with Gasteiger partial charge >= 0.3 is 6.03 Å². The number of nitrogens with zero attached hydrogens (tertiary/aromatic N) is 5. The lowest BCUT2D eigenvalue weighted by atomic mass is 9.87. The van der Waals surface area contributed by atoms with Crippen molar-refractivity contribution >= 4 is 29.2 Å². The standard InChI is InChI=1S/C30H38N6O3S/c1-30(2,3)22-9-7-21(8-10-22)18-35-20-32-24-17-25(28(38)33-11-5-12-34(14-13-33)29(31)39)36(19-26(24)35)27(37)16-23-6-4-15-40-23/h4,6-10,15,20,25H,5,11-14,16-19H2,1-3H3,(H2,31,39). The van der Waals surface area contributed by atoms with E-state index in [1.54, 1.807) is 26.0 Å². The molecule has 0 bridgehead atoms. The second kappa shape index (κ2) is 11.4. The molecule has 5 rings (SSSR count). The Balaban J connectivity index is 1.38. The zero-order valence-electron chi connectivity index (χ0n) is 23.5. The van der Waals surface area contributed by atoms with E-state index in [-0.39, 0.29) is 23.7 Å². The van der Waals surface area contributed by atoms with Crippen molar-refractivity contribution in [3.05, 3.63) is 75.5 Å². The van der Waals surface area contributed by atoms with Gasteiger partial charge in [-0.05, 0) is 34.4 Å². The van der Waals surface area contributed by atoms with Crippen molar-refractivity contribution in [1.82, 2.24) is 24.3 Å². The Bertz CT molecular complexity index is 1360. The minimum atomic E-state index is -0.630. The summed E-state index contributed by atoms with van der Waals surface area (Å²) in [5.41, 5.74) is 9.84. The van der Waals surface area contributed by atoms with Gasteiger partial charge in [0.15, 0.2) is 0 Å². The van der Waals surface area contributed by atoms with E-state index in [4.69, 9.17) is 10.7 Å². The molecule has 1 unspecified atom stereocenters. The fraction of sp³-hybridized carbons (Fsp3) is 0.467. The fourth-order valence-electron chi connectivity index (χ4n) is 5.53. The summed E-state index contributed by atoms with van der Waals surface area (Å²) in [7, 11) is 0. The summed E-state index contributed by atoms with van der Waals surface area (Å²) in [6.07, 6.45) is 3.11. The first kappa shape index (κ1) is 27.9. The van der Waals surface area contributed by atoms with Crippen molar-refractivity contribution in [1.29, 1.82) is 0 Å². The van der Waals surface area contributed by atoms with Crippen LogP contribution < -0.4 is 5.73 Å². The van der Waals surface area contributed by atoms with Crippen LogP contribution in [0.4, 0.5) is 4.79 Å². The number of thiophene rings is 1. The summed E-state index contributed by atoms with van der Waals surface area (Å²) < 4.78 is 2.10. The molecule has 2 N–H and O–H groups in total. The molecule has 10 heteroatoms. The van der Waals surface area contributed by atoms with Gasteiger partial charge in [0.05, 0.1) is 30.7 Å². The van der Waals surface area contributed by atoms with Crippen LogP contribution in [0.15, 0.2) is 48.1 Å². The van der Waals surface area contributed by atoms with E-state index >= 15 is 0 Å². The van der Waals surface area contributed by atoms with Crippen LogP contribution in [0.25, 0.3) is 0 Å². The van der Waals surface area contributed by atoms with Gasteiger partial charge in [0.2, 0.25) is 11.8 Å². The molecule has 1 aromatic carbocycles. The van der Waals surface area contributed by atoms with E-state index in [1.165, 1.54) is 5.56 Å². The van der Waals surface area contributed by atoms with Crippen molar-refractivity contribution in [3.63, 3.8) is 0 Å². The van der Waals surface area contributed by atoms with Crippen LogP contribution in [-0.4, -0.2) is 74.3 Å². The number of nitrogens with two attached hydrogens (primary N) is 1. The maximum Gasteiger partial charge on any atom is 0.314 e. The number of fused-ring (bicyclic) bond motifs is 1. The van der Waals surface area contributed by atoms with E-state index in [1.807, 2.05) is 23.8 Å². The Morgan fingerprint density at radius 2 is 1.75 bits per heavy atom. The molecule has 0 aliphatic carbocycles. The smallest absolute Gasteiger partial charge is 0.314 e. The number of benzene rings is 1. The molecule has 9 nitrogen and oxygen atoms in total. The van der Waals surface area contributed by atoms with E-state index in [9.17, 15) is 14.4 Å². The highest BCUT2D eigenvalue weighted by Gasteiger charge is 2.39. The van der Waals surface area contributed by atoms with Gasteiger partial charge in [0.1, 0.15) is 6.04 Å². The second-order valence-corrected chi connectivity index (χ2v) is 12.7. The zero-order chi connectivity index (χ0) is 28.4. The third-order valence-corrected chi connectivity index (χ3v) is 8.80. The summed E-state index contributed by atoms with van der Waals surface area (Å²) in [4.78, 5) is 50.0. The minimum absolute atomic E-state index is 0.0673. The molecular formula is C30H38N6O3S. The molecule has 2 aromatic heterocycles. The summed E-state index contributed by atoms with van der Waals surface area (Å²) in [6.45, 7) is 9.42. The van der Waals surface area contributed by atoms with Crippen LogP contribution >= 0.6 is 11.3 Å². The first-order valence-electron chi connectivity index (χ1n) is 13.9. The largest absolute Gasteiger partial charge is 0.351 e. The molecule has 1 saturated heterocycles. The van der Waals surface area contributed by atoms with Crippen molar-refractivity contribution in [2.45, 2.75) is 64.6 Å². The molecular weight excluding hydrogens is 524 g/mol. The number of hydrogen-bond donors (Lipinski definition) is 1. The van der Waals surface area contributed by atoms with Crippen molar-refractivity contribution in [2.75, 3.05) is 26.2 Å². The number of carbonyl (C=O) groups is 3. The maximum absolute atomic E-state index is 13.9. The number of imidazole rings is 1. The van der Waals surface area contributed by atoms with Crippen molar-refractivity contribution < 1.29 is 14.4 Å². The molecule has 1 atom stereocenters. The normalized spacial score (nSPS) is 17.9. The van der Waals surface area contributed by atoms with Gasteiger partial charge in [-0.3, -0.25) is 9.59 Å². The third kappa shape index (κ3) is 6.06. The number of amides is 4. The van der Waals surface area contributed by atoms with Gasteiger partial charge in [-0.25, -0.2) is 9.78 Å². The fourth-order valence-corrected chi connectivity index (χ4v) is 6.22. The number of urea groups is 1. The molecule has 0 radical (unpaired) electrons. The number of primary amides is 1. The second-order valence-electron chi connectivity index (χ2n) is 11.7. The van der Waals surface area contributed by atoms with E-state index < -0.39 is 12.1 Å². The highest BCUT2D eigenvalue weighted by atomic mass is 32.1. The van der Waals surface area contributed by atoms with Gasteiger partial charge in [-0.2, -0.15) is 0 Å². The topological polar surface area (TPSA) is 105 Å². The molecule has 2 aliphatic rings. The van der Waals surface area contributed by atoms with Crippen LogP contribution in [0.2, 0.25) is 0 Å². The van der Waals surface area contributed by atoms with Gasteiger partial charge in [-0.1, -0.05) is 51.1 Å². The predicted octanol–water partition coefficient (Wildman–Crippen LogP) is 3.40. The Hall–Kier alpha value is -3.66. The molecule has 40 heavy (non-hydrogen) atoms. The molecule has 0 saturated carbocycles. The summed E-state index contributed by atoms with van der Waals surface area (Å²) >= 11 is 1.54. The van der Waals surface area contributed by atoms with Gasteiger partial charge in [-0.15, -0.1) is 11.3 Å². The first-order chi connectivity index (χ1) is 19.1. The highest BCUT2D eigenvalue weighted by molar-refractivity contribution is 7.10. The lowest BCUT2D eigenvalue weighted by Gasteiger charge is -2.37. The molecule has 3 aromatic rings. The Kier molecular flexibility index (Phi) is 7.98. The van der Waals surface area contributed by atoms with Gasteiger partial charge < -0.3 is 25.0 Å². The van der Waals surface area contributed by atoms with Crippen LogP contribution in [0.3, 0.4) is 0 Å². The molecule has 2 aliphatic heterocycles. The molecule has 4 amide bonds. The zero-order valence-corrected chi connectivity index (χ0v) is 24.3. The van der Waals surface area contributed by atoms with Crippen LogP contribution in [0.1, 0.15) is 54.6 Å². The summed E-state index contributed by atoms with van der Waals surface area (Å²) in [5, 5.41) is 1.96. The number of carbonyl (C=O) groups excluding carboxylic acids is 3. The van der Waals surface area contributed by atoms with E-state index in [2.05, 4.69) is 49.6 Å². The SMILES string of the molecule is CC(C)(C)c1ccc(Cn2cnc3c2CN(C(=O)Cc2cccs2)C(C(=O)N2CCCN(C(N)=O)CC2)C3)cc1. The molecule has 4 heterocycles. The van der Waals surface area contributed by atoms with Crippen molar-refractivity contribution in [3.8, 4) is 0 Å². The number of aromatic nitrogens is 2. The average molecular weight is 563 g/mol. The van der Waals surface area contributed by atoms with Gasteiger partial charge in [0.25, 0.3) is 0 Å².